The Morgan fingerprint density at radius 2 is 1.85 bits per heavy atom. The Kier molecular flexibility index (Phi) is 5.33. The molecule has 1 aromatic rings. The second-order valence-corrected chi connectivity index (χ2v) is 5.53. The minimum Gasteiger partial charge on any atom is -0.367 e. The maximum Gasteiger partial charge on any atom is 0.390 e. The number of nitrogens with one attached hydrogen (secondary N) is 2. The number of pyridine rings is 1. The van der Waals surface area contributed by atoms with Crippen LogP contribution in [0.3, 0.4) is 0 Å². The van der Waals surface area contributed by atoms with Crippen LogP contribution in [0.15, 0.2) is 12.3 Å². The molecule has 3 nitrogen and oxygen atoms in total. The first kappa shape index (κ1) is 16.7. The Hall–Kier alpha value is -1.37. The van der Waals surface area contributed by atoms with E-state index in [1.807, 2.05) is 20.8 Å². The summed E-state index contributed by atoms with van der Waals surface area (Å²) in [5.74, 6) is -0.770. The molecular weight excluding hydrogens is 274 g/mol. The second kappa shape index (κ2) is 6.39. The van der Waals surface area contributed by atoms with Crippen LogP contribution in [-0.2, 0) is 6.54 Å². The standard InChI is InChI=1S/C13H19F4N3/c1-12(2,3)20-8-9-4-6-18-11(10(9)14)19-7-5-13(15,16)17/h4,6,20H,5,7-8H2,1-3H3,(H,18,19). The average molecular weight is 293 g/mol. The number of hydrogen-bond donors (Lipinski definition) is 2. The first-order valence-corrected chi connectivity index (χ1v) is 6.27. The molecule has 0 spiro atoms. The van der Waals surface area contributed by atoms with E-state index in [4.69, 9.17) is 0 Å². The van der Waals surface area contributed by atoms with Gasteiger partial charge in [0.15, 0.2) is 11.6 Å². The van der Waals surface area contributed by atoms with Crippen LogP contribution in [0.5, 0.6) is 0 Å². The Morgan fingerprint density at radius 3 is 2.40 bits per heavy atom. The van der Waals surface area contributed by atoms with Crippen molar-refractivity contribution in [2.75, 3.05) is 11.9 Å². The molecule has 0 aliphatic rings. The van der Waals surface area contributed by atoms with Gasteiger partial charge in [-0.05, 0) is 26.8 Å². The maximum atomic E-state index is 14.0. The van der Waals surface area contributed by atoms with Crippen LogP contribution < -0.4 is 10.6 Å². The van der Waals surface area contributed by atoms with Gasteiger partial charge in [0.2, 0.25) is 0 Å². The van der Waals surface area contributed by atoms with Crippen LogP contribution in [0.2, 0.25) is 0 Å². The highest BCUT2D eigenvalue weighted by atomic mass is 19.4. The van der Waals surface area contributed by atoms with E-state index in [9.17, 15) is 17.6 Å². The molecule has 0 bridgehead atoms. The van der Waals surface area contributed by atoms with Crippen molar-refractivity contribution in [3.63, 3.8) is 0 Å². The van der Waals surface area contributed by atoms with Crippen molar-refractivity contribution in [1.82, 2.24) is 10.3 Å². The minimum atomic E-state index is -4.27. The van der Waals surface area contributed by atoms with Gasteiger partial charge in [0, 0.05) is 30.4 Å². The van der Waals surface area contributed by atoms with E-state index in [0.717, 1.165) is 0 Å². The van der Waals surface area contributed by atoms with E-state index in [-0.39, 0.29) is 17.9 Å². The first-order valence-electron chi connectivity index (χ1n) is 6.27. The molecule has 20 heavy (non-hydrogen) atoms. The van der Waals surface area contributed by atoms with E-state index in [0.29, 0.717) is 5.56 Å². The van der Waals surface area contributed by atoms with E-state index in [1.165, 1.54) is 12.3 Å². The molecule has 0 saturated heterocycles. The van der Waals surface area contributed by atoms with Crippen molar-refractivity contribution in [2.24, 2.45) is 0 Å². The van der Waals surface area contributed by atoms with Crippen molar-refractivity contribution in [3.8, 4) is 0 Å². The number of halogens is 4. The lowest BCUT2D eigenvalue weighted by Crippen LogP contribution is -2.35. The number of rotatable bonds is 5. The van der Waals surface area contributed by atoms with Crippen LogP contribution in [0.1, 0.15) is 32.8 Å². The minimum absolute atomic E-state index is 0.151. The van der Waals surface area contributed by atoms with Crippen molar-refractivity contribution in [1.29, 1.82) is 0 Å². The summed E-state index contributed by atoms with van der Waals surface area (Å²) in [5.41, 5.74) is 0.184. The molecule has 1 rings (SSSR count). The lowest BCUT2D eigenvalue weighted by atomic mass is 10.1. The molecule has 0 fully saturated rings. The summed E-state index contributed by atoms with van der Waals surface area (Å²) in [6, 6.07) is 1.50. The molecule has 0 saturated carbocycles. The fourth-order valence-electron chi connectivity index (χ4n) is 1.43. The number of hydrogen-bond acceptors (Lipinski definition) is 3. The summed E-state index contributed by atoms with van der Waals surface area (Å²) < 4.78 is 50.1. The molecule has 0 radical (unpaired) electrons. The largest absolute Gasteiger partial charge is 0.390 e. The maximum absolute atomic E-state index is 14.0. The predicted octanol–water partition coefficient (Wildman–Crippen LogP) is 3.47. The van der Waals surface area contributed by atoms with Gasteiger partial charge in [0.25, 0.3) is 0 Å². The van der Waals surface area contributed by atoms with Gasteiger partial charge in [0.05, 0.1) is 6.42 Å². The molecular formula is C13H19F4N3. The third kappa shape index (κ3) is 6.18. The first-order chi connectivity index (χ1) is 9.08. The van der Waals surface area contributed by atoms with Crippen molar-refractivity contribution < 1.29 is 17.6 Å². The number of aromatic nitrogens is 1. The van der Waals surface area contributed by atoms with E-state index in [2.05, 4.69) is 15.6 Å². The highest BCUT2D eigenvalue weighted by molar-refractivity contribution is 5.39. The molecule has 1 aromatic heterocycles. The van der Waals surface area contributed by atoms with Crippen molar-refractivity contribution in [2.45, 2.75) is 45.5 Å². The highest BCUT2D eigenvalue weighted by Crippen LogP contribution is 2.20. The van der Waals surface area contributed by atoms with Crippen LogP contribution >= 0.6 is 0 Å². The fraction of sp³-hybridized carbons (Fsp3) is 0.615. The van der Waals surface area contributed by atoms with Gasteiger partial charge in [-0.2, -0.15) is 13.2 Å². The zero-order valence-electron chi connectivity index (χ0n) is 11.7. The van der Waals surface area contributed by atoms with E-state index in [1.54, 1.807) is 0 Å². The van der Waals surface area contributed by atoms with E-state index >= 15 is 0 Å². The van der Waals surface area contributed by atoms with Gasteiger partial charge in [-0.25, -0.2) is 9.37 Å². The topological polar surface area (TPSA) is 37.0 Å². The van der Waals surface area contributed by atoms with Crippen LogP contribution in [-0.4, -0.2) is 23.2 Å². The monoisotopic (exact) mass is 293 g/mol. The van der Waals surface area contributed by atoms with Crippen LogP contribution in [0.25, 0.3) is 0 Å². The summed E-state index contributed by atoms with van der Waals surface area (Å²) in [5, 5.41) is 5.48. The number of alkyl halides is 3. The summed E-state index contributed by atoms with van der Waals surface area (Å²) in [6.45, 7) is 5.70. The smallest absolute Gasteiger partial charge is 0.367 e. The Labute approximate surface area is 115 Å². The lowest BCUT2D eigenvalue weighted by Gasteiger charge is -2.21. The molecule has 2 N–H and O–H groups in total. The van der Waals surface area contributed by atoms with Crippen LogP contribution in [0, 0.1) is 5.82 Å². The summed E-state index contributed by atoms with van der Waals surface area (Å²) in [4.78, 5) is 3.72. The SMILES string of the molecule is CC(C)(C)NCc1ccnc(NCCC(F)(F)F)c1F. The summed E-state index contributed by atoms with van der Waals surface area (Å²) in [7, 11) is 0. The molecule has 0 unspecified atom stereocenters. The molecule has 0 aliphatic heterocycles. The number of anilines is 1. The Morgan fingerprint density at radius 1 is 1.20 bits per heavy atom. The molecule has 1 heterocycles. The van der Waals surface area contributed by atoms with Gasteiger partial charge in [-0.15, -0.1) is 0 Å². The lowest BCUT2D eigenvalue weighted by molar-refractivity contribution is -0.131. The summed E-state index contributed by atoms with van der Waals surface area (Å²) in [6.07, 6.45) is -3.92. The highest BCUT2D eigenvalue weighted by Gasteiger charge is 2.26. The normalized spacial score (nSPS) is 12.6. The average Bonchev–Trinajstić information content (AvgIpc) is 2.27. The quantitative estimate of drug-likeness (QED) is 0.816. The number of nitrogens with zero attached hydrogens (tertiary/aromatic N) is 1. The zero-order chi connectivity index (χ0) is 15.4. The van der Waals surface area contributed by atoms with Crippen LogP contribution in [0.4, 0.5) is 23.4 Å². The van der Waals surface area contributed by atoms with Gasteiger partial charge in [-0.3, -0.25) is 0 Å². The van der Waals surface area contributed by atoms with E-state index < -0.39 is 25.0 Å². The third-order valence-corrected chi connectivity index (χ3v) is 2.48. The molecule has 0 aromatic carbocycles. The van der Waals surface area contributed by atoms with Gasteiger partial charge in [-0.1, -0.05) is 0 Å². The molecule has 0 aliphatic carbocycles. The van der Waals surface area contributed by atoms with Gasteiger partial charge in [0.1, 0.15) is 0 Å². The van der Waals surface area contributed by atoms with Crippen molar-refractivity contribution in [3.05, 3.63) is 23.6 Å². The molecule has 114 valence electrons. The molecule has 0 atom stereocenters. The van der Waals surface area contributed by atoms with Gasteiger partial charge >= 0.3 is 6.18 Å². The predicted molar refractivity (Wildman–Crippen MR) is 69.9 cm³/mol. The fourth-order valence-corrected chi connectivity index (χ4v) is 1.43. The second-order valence-electron chi connectivity index (χ2n) is 5.53. The zero-order valence-corrected chi connectivity index (χ0v) is 11.7. The molecule has 0 amide bonds. The van der Waals surface area contributed by atoms with Gasteiger partial charge < -0.3 is 10.6 Å². The Bertz CT molecular complexity index is 438. The third-order valence-electron chi connectivity index (χ3n) is 2.48. The Balaban J connectivity index is 2.65. The van der Waals surface area contributed by atoms with Crippen molar-refractivity contribution >= 4 is 5.82 Å². The summed E-state index contributed by atoms with van der Waals surface area (Å²) >= 11 is 0. The molecule has 7 heteroatoms.